The zero-order valence-electron chi connectivity index (χ0n) is 11.8. The maximum atomic E-state index is 11.8. The van der Waals surface area contributed by atoms with Crippen molar-refractivity contribution in [1.29, 1.82) is 0 Å². The monoisotopic (exact) mass is 264 g/mol. The van der Waals surface area contributed by atoms with E-state index in [4.69, 9.17) is 9.94 Å². The standard InChI is InChI=1S/C14H20N2O3/c1-14(2,3)19-13(17)16(4)10-12-7-5-11(6-8-12)9-15-18/h5-9,18H,10H2,1-4H3. The number of benzene rings is 1. The van der Waals surface area contributed by atoms with Gasteiger partial charge in [-0.3, -0.25) is 0 Å². The van der Waals surface area contributed by atoms with Crippen LogP contribution in [-0.4, -0.2) is 35.1 Å². The number of nitrogens with zero attached hydrogens (tertiary/aromatic N) is 2. The van der Waals surface area contributed by atoms with E-state index in [0.29, 0.717) is 6.54 Å². The van der Waals surface area contributed by atoms with E-state index in [2.05, 4.69) is 5.16 Å². The van der Waals surface area contributed by atoms with Crippen molar-refractivity contribution in [3.8, 4) is 0 Å². The van der Waals surface area contributed by atoms with Gasteiger partial charge in [-0.1, -0.05) is 29.4 Å². The van der Waals surface area contributed by atoms with Crippen LogP contribution in [0.1, 0.15) is 31.9 Å². The highest BCUT2D eigenvalue weighted by atomic mass is 16.6. The Kier molecular flexibility index (Phi) is 4.92. The Morgan fingerprint density at radius 3 is 2.42 bits per heavy atom. The van der Waals surface area contributed by atoms with Gasteiger partial charge in [0.05, 0.1) is 6.21 Å². The Labute approximate surface area is 113 Å². The highest BCUT2D eigenvalue weighted by Gasteiger charge is 2.19. The fourth-order valence-corrected chi connectivity index (χ4v) is 1.45. The fourth-order valence-electron chi connectivity index (χ4n) is 1.45. The van der Waals surface area contributed by atoms with Gasteiger partial charge in [0.25, 0.3) is 0 Å². The Morgan fingerprint density at radius 2 is 1.95 bits per heavy atom. The number of oxime groups is 1. The first-order valence-corrected chi connectivity index (χ1v) is 6.02. The van der Waals surface area contributed by atoms with E-state index in [-0.39, 0.29) is 6.09 Å². The lowest BCUT2D eigenvalue weighted by Gasteiger charge is -2.24. The van der Waals surface area contributed by atoms with Crippen LogP contribution in [0.25, 0.3) is 0 Å². The van der Waals surface area contributed by atoms with Gasteiger partial charge in [-0.25, -0.2) is 4.79 Å². The van der Waals surface area contributed by atoms with Gasteiger partial charge in [0, 0.05) is 13.6 Å². The average molecular weight is 264 g/mol. The molecule has 0 fully saturated rings. The molecular formula is C14H20N2O3. The first-order chi connectivity index (χ1) is 8.81. The molecule has 0 radical (unpaired) electrons. The molecule has 0 heterocycles. The summed E-state index contributed by atoms with van der Waals surface area (Å²) in [5.74, 6) is 0. The molecule has 0 bridgehead atoms. The topological polar surface area (TPSA) is 62.1 Å². The number of amides is 1. The first-order valence-electron chi connectivity index (χ1n) is 6.02. The third kappa shape index (κ3) is 5.42. The van der Waals surface area contributed by atoms with Crippen molar-refractivity contribution >= 4 is 12.3 Å². The number of carbonyl (C=O) groups excluding carboxylic acids is 1. The molecule has 1 amide bonds. The zero-order valence-corrected chi connectivity index (χ0v) is 11.8. The van der Waals surface area contributed by atoms with Crippen molar-refractivity contribution in [3.05, 3.63) is 35.4 Å². The summed E-state index contributed by atoms with van der Waals surface area (Å²) in [6.45, 7) is 5.97. The number of ether oxygens (including phenoxy) is 1. The van der Waals surface area contributed by atoms with Crippen molar-refractivity contribution in [2.24, 2.45) is 5.16 Å². The summed E-state index contributed by atoms with van der Waals surface area (Å²) >= 11 is 0. The SMILES string of the molecule is CN(Cc1ccc(C=NO)cc1)C(=O)OC(C)(C)C. The lowest BCUT2D eigenvalue weighted by molar-refractivity contribution is 0.0285. The summed E-state index contributed by atoms with van der Waals surface area (Å²) in [6.07, 6.45) is 0.995. The number of rotatable bonds is 3. The molecule has 0 aliphatic heterocycles. The normalized spacial score (nSPS) is 11.6. The van der Waals surface area contributed by atoms with Crippen molar-refractivity contribution in [1.82, 2.24) is 4.90 Å². The maximum Gasteiger partial charge on any atom is 0.410 e. The van der Waals surface area contributed by atoms with Crippen LogP contribution in [-0.2, 0) is 11.3 Å². The molecule has 104 valence electrons. The predicted molar refractivity (Wildman–Crippen MR) is 73.5 cm³/mol. The van der Waals surface area contributed by atoms with Crippen LogP contribution < -0.4 is 0 Å². The third-order valence-electron chi connectivity index (χ3n) is 2.31. The second kappa shape index (κ2) is 6.22. The molecule has 0 saturated carbocycles. The molecule has 0 aliphatic rings. The second-order valence-electron chi connectivity index (χ2n) is 5.32. The van der Waals surface area contributed by atoms with E-state index in [9.17, 15) is 4.79 Å². The summed E-state index contributed by atoms with van der Waals surface area (Å²) < 4.78 is 5.27. The van der Waals surface area contributed by atoms with Crippen LogP contribution in [0, 0.1) is 0 Å². The minimum atomic E-state index is -0.493. The van der Waals surface area contributed by atoms with Crippen molar-refractivity contribution in [3.63, 3.8) is 0 Å². The number of hydrogen-bond donors (Lipinski definition) is 1. The van der Waals surface area contributed by atoms with Crippen LogP contribution in [0.4, 0.5) is 4.79 Å². The van der Waals surface area contributed by atoms with Crippen molar-refractivity contribution in [2.75, 3.05) is 7.05 Å². The molecule has 0 aromatic heterocycles. The van der Waals surface area contributed by atoms with E-state index in [1.165, 1.54) is 11.1 Å². The third-order valence-corrected chi connectivity index (χ3v) is 2.31. The molecule has 0 saturated heterocycles. The molecule has 1 aromatic carbocycles. The van der Waals surface area contributed by atoms with Crippen LogP contribution in [0.15, 0.2) is 29.4 Å². The molecule has 0 atom stereocenters. The Hall–Kier alpha value is -2.04. The summed E-state index contributed by atoms with van der Waals surface area (Å²) in [4.78, 5) is 13.3. The lowest BCUT2D eigenvalue weighted by Crippen LogP contribution is -2.33. The fraction of sp³-hybridized carbons (Fsp3) is 0.429. The molecule has 0 spiro atoms. The first kappa shape index (κ1) is 15.0. The predicted octanol–water partition coefficient (Wildman–Crippen LogP) is 2.86. The molecular weight excluding hydrogens is 244 g/mol. The molecule has 1 aromatic rings. The summed E-state index contributed by atoms with van der Waals surface area (Å²) in [7, 11) is 1.69. The average Bonchev–Trinajstić information content (AvgIpc) is 2.29. The van der Waals surface area contributed by atoms with Crippen LogP contribution in [0.5, 0.6) is 0 Å². The van der Waals surface area contributed by atoms with E-state index < -0.39 is 5.60 Å². The van der Waals surface area contributed by atoms with Gasteiger partial charge < -0.3 is 14.8 Å². The van der Waals surface area contributed by atoms with E-state index >= 15 is 0 Å². The van der Waals surface area contributed by atoms with E-state index in [0.717, 1.165) is 11.1 Å². The van der Waals surface area contributed by atoms with Crippen molar-refractivity contribution < 1.29 is 14.7 Å². The van der Waals surface area contributed by atoms with Gasteiger partial charge in [-0.2, -0.15) is 0 Å². The van der Waals surface area contributed by atoms with Crippen LogP contribution in [0.3, 0.4) is 0 Å². The van der Waals surface area contributed by atoms with E-state index in [1.807, 2.05) is 45.0 Å². The number of hydrogen-bond acceptors (Lipinski definition) is 4. The molecule has 0 aliphatic carbocycles. The maximum absolute atomic E-state index is 11.8. The Bertz CT molecular complexity index is 447. The highest BCUT2D eigenvalue weighted by Crippen LogP contribution is 2.11. The zero-order chi connectivity index (χ0) is 14.5. The van der Waals surface area contributed by atoms with Crippen LogP contribution in [0.2, 0.25) is 0 Å². The molecule has 5 nitrogen and oxygen atoms in total. The van der Waals surface area contributed by atoms with Gasteiger partial charge in [0.2, 0.25) is 0 Å². The molecule has 1 rings (SSSR count). The Balaban J connectivity index is 2.61. The van der Waals surface area contributed by atoms with Gasteiger partial charge >= 0.3 is 6.09 Å². The Morgan fingerprint density at radius 1 is 1.37 bits per heavy atom. The summed E-state index contributed by atoms with van der Waals surface area (Å²) in [5, 5.41) is 11.4. The van der Waals surface area contributed by atoms with Crippen LogP contribution >= 0.6 is 0 Å². The van der Waals surface area contributed by atoms with Gasteiger partial charge in [0.1, 0.15) is 5.60 Å². The molecule has 1 N–H and O–H groups in total. The summed E-state index contributed by atoms with van der Waals surface area (Å²) in [5.41, 5.74) is 1.28. The number of carbonyl (C=O) groups is 1. The smallest absolute Gasteiger partial charge is 0.410 e. The van der Waals surface area contributed by atoms with Crippen molar-refractivity contribution in [2.45, 2.75) is 32.9 Å². The minimum absolute atomic E-state index is 0.353. The van der Waals surface area contributed by atoms with Gasteiger partial charge in [-0.05, 0) is 31.9 Å². The van der Waals surface area contributed by atoms with Gasteiger partial charge in [-0.15, -0.1) is 0 Å². The molecule has 5 heteroatoms. The second-order valence-corrected chi connectivity index (χ2v) is 5.32. The lowest BCUT2D eigenvalue weighted by atomic mass is 10.1. The quantitative estimate of drug-likeness (QED) is 0.518. The molecule has 0 unspecified atom stereocenters. The van der Waals surface area contributed by atoms with Gasteiger partial charge in [0.15, 0.2) is 0 Å². The largest absolute Gasteiger partial charge is 0.444 e. The van der Waals surface area contributed by atoms with E-state index in [1.54, 1.807) is 7.05 Å². The minimum Gasteiger partial charge on any atom is -0.444 e. The summed E-state index contributed by atoms with van der Waals surface area (Å²) in [6, 6.07) is 7.38. The molecule has 19 heavy (non-hydrogen) atoms. The highest BCUT2D eigenvalue weighted by molar-refractivity contribution is 5.79.